The lowest BCUT2D eigenvalue weighted by Crippen LogP contribution is -2.11. The minimum atomic E-state index is -4.96. The molecule has 35 heavy (non-hydrogen) atoms. The summed E-state index contributed by atoms with van der Waals surface area (Å²) in [5.41, 5.74) is -2.08. The van der Waals surface area contributed by atoms with Gasteiger partial charge in [-0.1, -0.05) is 12.1 Å². The summed E-state index contributed by atoms with van der Waals surface area (Å²) in [6.45, 7) is 0. The number of halogens is 6. The number of imidazole rings is 1. The number of nitrogens with zero attached hydrogens (tertiary/aromatic N) is 3. The second-order valence-corrected chi connectivity index (χ2v) is 8.49. The first-order valence-corrected chi connectivity index (χ1v) is 10.7. The Morgan fingerprint density at radius 3 is 2.23 bits per heavy atom. The van der Waals surface area contributed by atoms with E-state index in [4.69, 9.17) is 4.74 Å². The van der Waals surface area contributed by atoms with Crippen LogP contribution in [0.1, 0.15) is 24.0 Å². The number of benzene rings is 2. The van der Waals surface area contributed by atoms with E-state index in [0.717, 1.165) is 18.2 Å². The Labute approximate surface area is 193 Å². The van der Waals surface area contributed by atoms with Gasteiger partial charge in [0.05, 0.1) is 40.8 Å². The number of aromatic nitrogens is 3. The van der Waals surface area contributed by atoms with Crippen molar-refractivity contribution in [1.29, 1.82) is 0 Å². The van der Waals surface area contributed by atoms with Crippen LogP contribution in [0, 0.1) is 0 Å². The molecule has 0 bridgehead atoms. The van der Waals surface area contributed by atoms with Crippen molar-refractivity contribution in [2.45, 2.75) is 31.3 Å². The van der Waals surface area contributed by atoms with Gasteiger partial charge < -0.3 is 4.74 Å². The number of hydrogen-bond donors (Lipinski definition) is 0. The molecular weight excluding hydrogens is 472 g/mol. The highest BCUT2D eigenvalue weighted by Crippen LogP contribution is 2.42. The molecule has 0 amide bonds. The molecule has 0 saturated heterocycles. The second-order valence-electron chi connectivity index (χ2n) is 8.49. The van der Waals surface area contributed by atoms with E-state index in [1.807, 2.05) is 6.07 Å². The first-order chi connectivity index (χ1) is 16.6. The number of pyridine rings is 2. The summed E-state index contributed by atoms with van der Waals surface area (Å²) in [4.78, 5) is 8.56. The maximum atomic E-state index is 13.5. The van der Waals surface area contributed by atoms with Crippen molar-refractivity contribution < 1.29 is 31.1 Å². The quantitative estimate of drug-likeness (QED) is 0.198. The summed E-state index contributed by atoms with van der Waals surface area (Å²) < 4.78 is 88.6. The van der Waals surface area contributed by atoms with Gasteiger partial charge in [0.1, 0.15) is 11.4 Å². The molecule has 0 atom stereocenters. The summed E-state index contributed by atoms with van der Waals surface area (Å²) in [7, 11) is 0. The van der Waals surface area contributed by atoms with Crippen LogP contribution in [0.4, 0.5) is 26.3 Å². The van der Waals surface area contributed by atoms with E-state index in [1.54, 1.807) is 28.8 Å². The number of alkyl halides is 6. The molecule has 6 rings (SSSR count). The first kappa shape index (κ1) is 21.7. The normalized spacial score (nSPS) is 14.8. The third kappa shape index (κ3) is 3.64. The topological polar surface area (TPSA) is 39.4 Å². The van der Waals surface area contributed by atoms with E-state index in [-0.39, 0.29) is 23.4 Å². The second kappa shape index (κ2) is 7.34. The Kier molecular flexibility index (Phi) is 4.55. The average Bonchev–Trinajstić information content (AvgIpc) is 3.51. The van der Waals surface area contributed by atoms with Gasteiger partial charge in [0, 0.05) is 27.9 Å². The maximum absolute atomic E-state index is 13.5. The minimum absolute atomic E-state index is 0.0880. The molecule has 0 unspecified atom stereocenters. The van der Waals surface area contributed by atoms with Gasteiger partial charge in [0.25, 0.3) is 0 Å². The standard InChI is InChI=1S/C25H15F6N3O/c26-24(27,28)14-8-13(9-15(10-14)25(29,30)31)19-12-33-23-18-2-1-3-21(35-16-4-5-16)22(18)17-6-7-32-11-20(17)34(19)23/h1-3,6-12,16H,4-5H2. The van der Waals surface area contributed by atoms with Crippen molar-refractivity contribution in [1.82, 2.24) is 14.4 Å². The molecule has 3 heterocycles. The van der Waals surface area contributed by atoms with Crippen LogP contribution in [0.3, 0.4) is 0 Å². The summed E-state index contributed by atoms with van der Waals surface area (Å²) in [6, 6.07) is 8.69. The van der Waals surface area contributed by atoms with Gasteiger partial charge >= 0.3 is 12.4 Å². The summed E-state index contributed by atoms with van der Waals surface area (Å²) in [5.74, 6) is 0.645. The van der Waals surface area contributed by atoms with Gasteiger partial charge in [0.2, 0.25) is 0 Å². The number of hydrogen-bond acceptors (Lipinski definition) is 3. The smallest absolute Gasteiger partial charge is 0.416 e. The molecule has 0 radical (unpaired) electrons. The SMILES string of the molecule is FC(F)(F)c1cc(-c2cnc3c4cccc(OC5CC5)c4c4ccncc4n23)cc(C(F)(F)F)c1. The molecule has 2 aromatic carbocycles. The van der Waals surface area contributed by atoms with Crippen molar-refractivity contribution in [3.8, 4) is 17.0 Å². The van der Waals surface area contributed by atoms with Crippen LogP contribution >= 0.6 is 0 Å². The molecule has 10 heteroatoms. The van der Waals surface area contributed by atoms with Gasteiger partial charge in [-0.3, -0.25) is 9.38 Å². The minimum Gasteiger partial charge on any atom is -0.490 e. The van der Waals surface area contributed by atoms with Crippen LogP contribution in [0.2, 0.25) is 0 Å². The Morgan fingerprint density at radius 1 is 0.857 bits per heavy atom. The lowest BCUT2D eigenvalue weighted by Gasteiger charge is -2.16. The molecule has 0 N–H and O–H groups in total. The molecule has 3 aromatic heterocycles. The van der Waals surface area contributed by atoms with Crippen molar-refractivity contribution in [2.24, 2.45) is 0 Å². The van der Waals surface area contributed by atoms with E-state index < -0.39 is 23.5 Å². The first-order valence-electron chi connectivity index (χ1n) is 10.7. The zero-order valence-electron chi connectivity index (χ0n) is 17.8. The number of fused-ring (bicyclic) bond motifs is 6. The highest BCUT2D eigenvalue weighted by molar-refractivity contribution is 6.14. The largest absolute Gasteiger partial charge is 0.490 e. The summed E-state index contributed by atoms with van der Waals surface area (Å²) in [6.07, 6.45) is -3.53. The van der Waals surface area contributed by atoms with Gasteiger partial charge in [-0.05, 0) is 43.2 Å². The predicted octanol–water partition coefficient (Wildman–Crippen LogP) is 7.28. The molecular formula is C25H15F6N3O. The van der Waals surface area contributed by atoms with Crippen LogP contribution in [-0.4, -0.2) is 20.5 Å². The van der Waals surface area contributed by atoms with Crippen LogP contribution in [0.25, 0.3) is 38.6 Å². The summed E-state index contributed by atoms with van der Waals surface area (Å²) in [5, 5.41) is 2.12. The molecule has 0 aliphatic heterocycles. The zero-order chi connectivity index (χ0) is 24.5. The van der Waals surface area contributed by atoms with Crippen LogP contribution in [0.15, 0.2) is 61.1 Å². The average molecular weight is 487 g/mol. The third-order valence-electron chi connectivity index (χ3n) is 6.04. The maximum Gasteiger partial charge on any atom is 0.416 e. The molecule has 1 saturated carbocycles. The Hall–Kier alpha value is -3.82. The van der Waals surface area contributed by atoms with E-state index in [1.165, 1.54) is 12.4 Å². The fraction of sp³-hybridized carbons (Fsp3) is 0.200. The fourth-order valence-corrected chi connectivity index (χ4v) is 4.33. The number of rotatable bonds is 3. The summed E-state index contributed by atoms with van der Waals surface area (Å²) >= 11 is 0. The molecule has 1 aliphatic rings. The molecule has 5 aromatic rings. The van der Waals surface area contributed by atoms with Gasteiger partial charge in [-0.15, -0.1) is 0 Å². The van der Waals surface area contributed by atoms with Gasteiger partial charge in [-0.25, -0.2) is 4.98 Å². The molecule has 1 fully saturated rings. The van der Waals surface area contributed by atoms with Crippen molar-refractivity contribution in [3.63, 3.8) is 0 Å². The van der Waals surface area contributed by atoms with E-state index in [9.17, 15) is 26.3 Å². The zero-order valence-corrected chi connectivity index (χ0v) is 17.8. The molecule has 1 aliphatic carbocycles. The molecule has 0 spiro atoms. The third-order valence-corrected chi connectivity index (χ3v) is 6.04. The number of ether oxygens (including phenoxy) is 1. The monoisotopic (exact) mass is 487 g/mol. The lowest BCUT2D eigenvalue weighted by molar-refractivity contribution is -0.143. The van der Waals surface area contributed by atoms with Crippen LogP contribution < -0.4 is 4.74 Å². The Balaban J connectivity index is 1.69. The van der Waals surface area contributed by atoms with Crippen molar-refractivity contribution in [3.05, 3.63) is 72.2 Å². The van der Waals surface area contributed by atoms with Crippen molar-refractivity contribution in [2.75, 3.05) is 0 Å². The van der Waals surface area contributed by atoms with Gasteiger partial charge in [0.15, 0.2) is 0 Å². The highest BCUT2D eigenvalue weighted by Gasteiger charge is 2.37. The highest BCUT2D eigenvalue weighted by atomic mass is 19.4. The lowest BCUT2D eigenvalue weighted by atomic mass is 10.0. The van der Waals surface area contributed by atoms with Crippen LogP contribution in [-0.2, 0) is 12.4 Å². The van der Waals surface area contributed by atoms with E-state index in [0.29, 0.717) is 39.8 Å². The molecule has 178 valence electrons. The van der Waals surface area contributed by atoms with Crippen molar-refractivity contribution >= 4 is 27.3 Å². The Morgan fingerprint density at radius 2 is 1.57 bits per heavy atom. The fourth-order valence-electron chi connectivity index (χ4n) is 4.33. The van der Waals surface area contributed by atoms with Gasteiger partial charge in [-0.2, -0.15) is 26.3 Å². The van der Waals surface area contributed by atoms with E-state index in [2.05, 4.69) is 9.97 Å². The Bertz CT molecular complexity index is 1580. The molecule has 4 nitrogen and oxygen atoms in total. The predicted molar refractivity (Wildman–Crippen MR) is 117 cm³/mol. The van der Waals surface area contributed by atoms with Crippen LogP contribution in [0.5, 0.6) is 5.75 Å². The van der Waals surface area contributed by atoms with E-state index >= 15 is 0 Å².